The van der Waals surface area contributed by atoms with Gasteiger partial charge in [0, 0.05) is 6.07 Å². The van der Waals surface area contributed by atoms with Crippen molar-refractivity contribution in [1.29, 1.82) is 0 Å². The highest BCUT2D eigenvalue weighted by molar-refractivity contribution is 7.92. The second kappa shape index (κ2) is 9.67. The van der Waals surface area contributed by atoms with Crippen LogP contribution in [-0.2, 0) is 10.0 Å². The lowest BCUT2D eigenvalue weighted by atomic mass is 10.3. The van der Waals surface area contributed by atoms with Crippen molar-refractivity contribution in [3.63, 3.8) is 0 Å². The van der Waals surface area contributed by atoms with E-state index in [0.717, 1.165) is 10.4 Å². The number of halogens is 1. The first-order chi connectivity index (χ1) is 14.8. The number of nitro benzene ring substituents is 1. The molecule has 31 heavy (non-hydrogen) atoms. The van der Waals surface area contributed by atoms with Crippen molar-refractivity contribution < 1.29 is 22.8 Å². The lowest BCUT2D eigenvalue weighted by molar-refractivity contribution is -0.384. The first-order valence-corrected chi connectivity index (χ1v) is 10.9. The van der Waals surface area contributed by atoms with Crippen LogP contribution in [0.2, 0.25) is 5.02 Å². The summed E-state index contributed by atoms with van der Waals surface area (Å²) < 4.78 is 38.7. The van der Waals surface area contributed by atoms with E-state index in [2.05, 4.69) is 0 Å². The minimum Gasteiger partial charge on any atom is -0.497 e. The zero-order valence-corrected chi connectivity index (χ0v) is 18.0. The number of nitrogens with zero attached hydrogens (tertiary/aromatic N) is 2. The summed E-state index contributed by atoms with van der Waals surface area (Å²) in [6, 6.07) is 18.8. The molecule has 0 saturated carbocycles. The molecule has 10 heteroatoms. The molecule has 0 unspecified atom stereocenters. The second-order valence-electron chi connectivity index (χ2n) is 6.31. The SMILES string of the molecule is COc1ccc(N(CCOc2ccccc2)S(=O)(=O)c2ccc(Cl)c([N+](=O)[O-])c2)cc1. The zero-order valence-electron chi connectivity index (χ0n) is 16.5. The Hall–Kier alpha value is -3.30. The quantitative estimate of drug-likeness (QED) is 0.342. The largest absolute Gasteiger partial charge is 0.497 e. The number of hydrogen-bond donors (Lipinski definition) is 0. The van der Waals surface area contributed by atoms with E-state index in [0.29, 0.717) is 17.2 Å². The molecule has 0 saturated heterocycles. The zero-order chi connectivity index (χ0) is 22.4. The molecule has 3 rings (SSSR count). The topological polar surface area (TPSA) is 99.0 Å². The van der Waals surface area contributed by atoms with Crippen LogP contribution in [0, 0.1) is 10.1 Å². The predicted molar refractivity (Wildman–Crippen MR) is 118 cm³/mol. The van der Waals surface area contributed by atoms with Crippen LogP contribution in [0.4, 0.5) is 11.4 Å². The van der Waals surface area contributed by atoms with Crippen LogP contribution < -0.4 is 13.8 Å². The van der Waals surface area contributed by atoms with Crippen LogP contribution in [0.1, 0.15) is 0 Å². The van der Waals surface area contributed by atoms with Gasteiger partial charge >= 0.3 is 0 Å². The van der Waals surface area contributed by atoms with Crippen LogP contribution >= 0.6 is 11.6 Å². The van der Waals surface area contributed by atoms with Gasteiger partial charge in [-0.1, -0.05) is 29.8 Å². The monoisotopic (exact) mass is 462 g/mol. The molecule has 0 aliphatic rings. The van der Waals surface area contributed by atoms with E-state index in [1.165, 1.54) is 19.2 Å². The average Bonchev–Trinajstić information content (AvgIpc) is 2.77. The third kappa shape index (κ3) is 5.25. The Labute approximate surface area is 184 Å². The molecule has 0 aliphatic carbocycles. The van der Waals surface area contributed by atoms with Gasteiger partial charge in [-0.3, -0.25) is 14.4 Å². The standard InChI is InChI=1S/C21H19ClN2O6S/c1-29-17-9-7-16(8-10-17)23(13-14-30-18-5-3-2-4-6-18)31(27,28)19-11-12-20(22)21(15-19)24(25)26/h2-12,15H,13-14H2,1H3. The Balaban J connectivity index is 1.95. The Morgan fingerprint density at radius 1 is 1.00 bits per heavy atom. The number of hydrogen-bond acceptors (Lipinski definition) is 6. The van der Waals surface area contributed by atoms with Gasteiger partial charge < -0.3 is 9.47 Å². The summed E-state index contributed by atoms with van der Waals surface area (Å²) in [5.41, 5.74) is -0.131. The van der Waals surface area contributed by atoms with Crippen LogP contribution in [0.15, 0.2) is 77.7 Å². The Morgan fingerprint density at radius 3 is 2.29 bits per heavy atom. The van der Waals surface area contributed by atoms with Gasteiger partial charge in [-0.15, -0.1) is 0 Å². The fourth-order valence-electron chi connectivity index (χ4n) is 2.82. The highest BCUT2D eigenvalue weighted by Gasteiger charge is 2.28. The molecule has 0 fully saturated rings. The molecule has 0 N–H and O–H groups in total. The highest BCUT2D eigenvalue weighted by atomic mass is 35.5. The number of anilines is 1. The number of para-hydroxylation sites is 1. The molecule has 0 aromatic heterocycles. The molecule has 3 aromatic rings. The van der Waals surface area contributed by atoms with Crippen molar-refractivity contribution in [2.45, 2.75) is 4.90 Å². The maximum Gasteiger partial charge on any atom is 0.289 e. The summed E-state index contributed by atoms with van der Waals surface area (Å²) in [7, 11) is -2.65. The number of sulfonamides is 1. The first-order valence-electron chi connectivity index (χ1n) is 9.11. The van der Waals surface area contributed by atoms with Crippen LogP contribution in [0.25, 0.3) is 0 Å². The second-order valence-corrected chi connectivity index (χ2v) is 8.58. The highest BCUT2D eigenvalue weighted by Crippen LogP contribution is 2.31. The van der Waals surface area contributed by atoms with E-state index >= 15 is 0 Å². The molecular weight excluding hydrogens is 444 g/mol. The minimum atomic E-state index is -4.15. The molecule has 0 atom stereocenters. The van der Waals surface area contributed by atoms with Gasteiger partial charge in [-0.05, 0) is 48.5 Å². The van der Waals surface area contributed by atoms with E-state index < -0.39 is 20.6 Å². The Bertz CT molecular complexity index is 1150. The minimum absolute atomic E-state index is 0.0278. The molecule has 3 aromatic carbocycles. The average molecular weight is 463 g/mol. The number of benzene rings is 3. The van der Waals surface area contributed by atoms with E-state index in [9.17, 15) is 18.5 Å². The van der Waals surface area contributed by atoms with Crippen molar-refractivity contribution in [1.82, 2.24) is 0 Å². The maximum absolute atomic E-state index is 13.4. The van der Waals surface area contributed by atoms with Crippen molar-refractivity contribution in [3.8, 4) is 11.5 Å². The van der Waals surface area contributed by atoms with Gasteiger partial charge in [-0.25, -0.2) is 8.42 Å². The number of rotatable bonds is 9. The van der Waals surface area contributed by atoms with Gasteiger partial charge in [0.25, 0.3) is 15.7 Å². The lowest BCUT2D eigenvalue weighted by Crippen LogP contribution is -2.34. The number of nitro groups is 1. The van der Waals surface area contributed by atoms with E-state index in [4.69, 9.17) is 21.1 Å². The predicted octanol–water partition coefficient (Wildman–Crippen LogP) is 4.53. The molecule has 0 amide bonds. The smallest absolute Gasteiger partial charge is 0.289 e. The maximum atomic E-state index is 13.4. The van der Waals surface area contributed by atoms with Gasteiger partial charge in [-0.2, -0.15) is 0 Å². The third-order valence-corrected chi connectivity index (χ3v) is 6.51. The van der Waals surface area contributed by atoms with E-state index in [1.54, 1.807) is 48.5 Å². The van der Waals surface area contributed by atoms with Crippen LogP contribution in [0.3, 0.4) is 0 Å². The summed E-state index contributed by atoms with van der Waals surface area (Å²) in [4.78, 5) is 10.2. The van der Waals surface area contributed by atoms with Gasteiger partial charge in [0.05, 0.1) is 29.2 Å². The molecule has 0 radical (unpaired) electrons. The molecule has 162 valence electrons. The lowest BCUT2D eigenvalue weighted by Gasteiger charge is -2.25. The fraction of sp³-hybridized carbons (Fsp3) is 0.143. The van der Waals surface area contributed by atoms with Crippen LogP contribution in [0.5, 0.6) is 11.5 Å². The van der Waals surface area contributed by atoms with Crippen molar-refractivity contribution in [2.75, 3.05) is 24.6 Å². The third-order valence-electron chi connectivity index (χ3n) is 4.37. The van der Waals surface area contributed by atoms with Gasteiger partial charge in [0.1, 0.15) is 23.1 Å². The fourth-order valence-corrected chi connectivity index (χ4v) is 4.48. The molecule has 0 heterocycles. The van der Waals surface area contributed by atoms with Gasteiger partial charge in [0.15, 0.2) is 0 Å². The molecule has 0 aliphatic heterocycles. The summed E-state index contributed by atoms with van der Waals surface area (Å²) in [6.07, 6.45) is 0. The number of methoxy groups -OCH3 is 1. The van der Waals surface area contributed by atoms with Crippen molar-refractivity contribution in [3.05, 3.63) is 87.9 Å². The number of ether oxygens (including phenoxy) is 2. The first kappa shape index (κ1) is 22.4. The van der Waals surface area contributed by atoms with Crippen molar-refractivity contribution in [2.24, 2.45) is 0 Å². The van der Waals surface area contributed by atoms with Crippen molar-refractivity contribution >= 4 is 33.0 Å². The summed E-state index contributed by atoms with van der Waals surface area (Å²) in [5, 5.41) is 11.1. The normalized spacial score (nSPS) is 11.0. The Morgan fingerprint density at radius 2 is 1.68 bits per heavy atom. The molecular formula is C21H19ClN2O6S. The van der Waals surface area contributed by atoms with Crippen LogP contribution in [-0.4, -0.2) is 33.6 Å². The Kier molecular flexibility index (Phi) is 6.98. The molecule has 0 bridgehead atoms. The summed E-state index contributed by atoms with van der Waals surface area (Å²) >= 11 is 5.84. The van der Waals surface area contributed by atoms with Gasteiger partial charge in [0.2, 0.25) is 0 Å². The van der Waals surface area contributed by atoms with E-state index in [-0.39, 0.29) is 23.1 Å². The summed E-state index contributed by atoms with van der Waals surface area (Å²) in [5.74, 6) is 1.15. The summed E-state index contributed by atoms with van der Waals surface area (Å²) in [6.45, 7) is 0.0327. The molecule has 8 nitrogen and oxygen atoms in total. The molecule has 0 spiro atoms. The van der Waals surface area contributed by atoms with E-state index in [1.807, 2.05) is 6.07 Å².